The molecule has 1 aromatic heterocycles. The first-order valence-corrected chi connectivity index (χ1v) is 9.14. The number of nitrogens with zero attached hydrogens (tertiary/aromatic N) is 2. The zero-order chi connectivity index (χ0) is 16.2. The lowest BCUT2D eigenvalue weighted by Crippen LogP contribution is -2.28. The second-order valence-corrected chi connectivity index (χ2v) is 7.08. The van der Waals surface area contributed by atoms with Crippen molar-refractivity contribution in [3.63, 3.8) is 0 Å². The molecule has 1 fully saturated rings. The lowest BCUT2D eigenvalue weighted by molar-refractivity contribution is 0.0787. The van der Waals surface area contributed by atoms with Crippen LogP contribution in [0.5, 0.6) is 0 Å². The van der Waals surface area contributed by atoms with Crippen molar-refractivity contribution in [3.8, 4) is 0 Å². The number of thioether (sulfide) groups is 1. The number of hydrogen-bond acceptors (Lipinski definition) is 3. The van der Waals surface area contributed by atoms with E-state index in [1.807, 2.05) is 42.2 Å². The highest BCUT2D eigenvalue weighted by atomic mass is 35.5. The van der Waals surface area contributed by atoms with Crippen LogP contribution in [-0.4, -0.2) is 28.9 Å². The minimum Gasteiger partial charge on any atom is -0.337 e. The van der Waals surface area contributed by atoms with Gasteiger partial charge in [0.25, 0.3) is 5.91 Å². The number of benzene rings is 1. The number of amides is 1. The van der Waals surface area contributed by atoms with E-state index in [1.165, 1.54) is 0 Å². The SMILES string of the molecule is Cc1cccc(SCc2cccc(C(=O)N3CCCC3)n2)c1Cl. The fraction of sp³-hybridized carbons (Fsp3) is 0.333. The molecule has 0 spiro atoms. The van der Waals surface area contributed by atoms with Gasteiger partial charge in [0.2, 0.25) is 0 Å². The van der Waals surface area contributed by atoms with Crippen LogP contribution in [0.4, 0.5) is 0 Å². The molecular weight excluding hydrogens is 328 g/mol. The molecule has 0 saturated carbocycles. The van der Waals surface area contributed by atoms with Crippen LogP contribution in [0.15, 0.2) is 41.3 Å². The van der Waals surface area contributed by atoms with Crippen molar-refractivity contribution in [1.82, 2.24) is 9.88 Å². The molecule has 0 atom stereocenters. The van der Waals surface area contributed by atoms with Gasteiger partial charge >= 0.3 is 0 Å². The highest BCUT2D eigenvalue weighted by Crippen LogP contribution is 2.31. The van der Waals surface area contributed by atoms with E-state index in [4.69, 9.17) is 11.6 Å². The van der Waals surface area contributed by atoms with Gasteiger partial charge in [0, 0.05) is 23.7 Å². The largest absolute Gasteiger partial charge is 0.337 e. The Bertz CT molecular complexity index is 714. The predicted molar refractivity (Wildman–Crippen MR) is 95.1 cm³/mol. The van der Waals surface area contributed by atoms with Gasteiger partial charge in [0.1, 0.15) is 5.69 Å². The van der Waals surface area contributed by atoms with Crippen LogP contribution < -0.4 is 0 Å². The molecular formula is C18H19ClN2OS. The van der Waals surface area contributed by atoms with Gasteiger partial charge in [-0.3, -0.25) is 4.79 Å². The Balaban J connectivity index is 1.70. The van der Waals surface area contributed by atoms with Crippen molar-refractivity contribution in [2.45, 2.75) is 30.4 Å². The van der Waals surface area contributed by atoms with Gasteiger partial charge in [-0.1, -0.05) is 29.8 Å². The zero-order valence-electron chi connectivity index (χ0n) is 13.1. The molecule has 2 heterocycles. The van der Waals surface area contributed by atoms with Crippen LogP contribution in [0.1, 0.15) is 34.6 Å². The maximum absolute atomic E-state index is 12.4. The first-order valence-electron chi connectivity index (χ1n) is 7.78. The summed E-state index contributed by atoms with van der Waals surface area (Å²) in [4.78, 5) is 19.9. The maximum atomic E-state index is 12.4. The van der Waals surface area contributed by atoms with E-state index in [0.717, 1.165) is 47.1 Å². The Morgan fingerprint density at radius 2 is 1.96 bits per heavy atom. The van der Waals surface area contributed by atoms with Gasteiger partial charge in [-0.05, 0) is 43.5 Å². The molecule has 0 bridgehead atoms. The van der Waals surface area contributed by atoms with Crippen molar-refractivity contribution in [2.75, 3.05) is 13.1 Å². The molecule has 1 saturated heterocycles. The predicted octanol–water partition coefficient (Wildman–Crippen LogP) is 4.57. The van der Waals surface area contributed by atoms with Crippen LogP contribution in [-0.2, 0) is 5.75 Å². The van der Waals surface area contributed by atoms with Gasteiger partial charge in [-0.2, -0.15) is 0 Å². The second-order valence-electron chi connectivity index (χ2n) is 5.69. The van der Waals surface area contributed by atoms with E-state index in [9.17, 15) is 4.79 Å². The second kappa shape index (κ2) is 7.37. The third-order valence-electron chi connectivity index (χ3n) is 3.95. The number of aromatic nitrogens is 1. The number of rotatable bonds is 4. The number of carbonyl (C=O) groups is 1. The lowest BCUT2D eigenvalue weighted by atomic mass is 10.2. The van der Waals surface area contributed by atoms with Crippen molar-refractivity contribution in [3.05, 3.63) is 58.4 Å². The Kier molecular flexibility index (Phi) is 5.23. The fourth-order valence-corrected chi connectivity index (χ4v) is 3.86. The Morgan fingerprint density at radius 3 is 2.74 bits per heavy atom. The van der Waals surface area contributed by atoms with Gasteiger partial charge in [0.05, 0.1) is 10.7 Å². The molecule has 1 aromatic carbocycles. The van der Waals surface area contributed by atoms with Crippen LogP contribution >= 0.6 is 23.4 Å². The maximum Gasteiger partial charge on any atom is 0.272 e. The molecule has 0 aliphatic carbocycles. The molecule has 120 valence electrons. The molecule has 1 amide bonds. The monoisotopic (exact) mass is 346 g/mol. The van der Waals surface area contributed by atoms with Gasteiger partial charge in [0.15, 0.2) is 0 Å². The summed E-state index contributed by atoms with van der Waals surface area (Å²) in [5.74, 6) is 0.743. The summed E-state index contributed by atoms with van der Waals surface area (Å²) < 4.78 is 0. The quantitative estimate of drug-likeness (QED) is 0.760. The number of halogens is 1. The summed E-state index contributed by atoms with van der Waals surface area (Å²) in [6.07, 6.45) is 2.18. The van der Waals surface area contributed by atoms with Gasteiger partial charge < -0.3 is 4.90 Å². The van der Waals surface area contributed by atoms with Crippen molar-refractivity contribution in [1.29, 1.82) is 0 Å². The van der Waals surface area contributed by atoms with E-state index in [1.54, 1.807) is 17.8 Å². The smallest absolute Gasteiger partial charge is 0.272 e. The highest BCUT2D eigenvalue weighted by Gasteiger charge is 2.20. The average Bonchev–Trinajstić information content (AvgIpc) is 3.10. The van der Waals surface area contributed by atoms with E-state index in [0.29, 0.717) is 11.4 Å². The van der Waals surface area contributed by atoms with E-state index < -0.39 is 0 Å². The van der Waals surface area contributed by atoms with Gasteiger partial charge in [-0.15, -0.1) is 11.8 Å². The molecule has 2 aromatic rings. The van der Waals surface area contributed by atoms with Crippen LogP contribution in [0.3, 0.4) is 0 Å². The number of likely N-dealkylation sites (tertiary alicyclic amines) is 1. The average molecular weight is 347 g/mol. The Labute approximate surface area is 146 Å². The minimum atomic E-state index is 0.0444. The van der Waals surface area contributed by atoms with E-state index >= 15 is 0 Å². The molecule has 5 heteroatoms. The topological polar surface area (TPSA) is 33.2 Å². The summed E-state index contributed by atoms with van der Waals surface area (Å²) >= 11 is 7.97. The molecule has 1 aliphatic heterocycles. The van der Waals surface area contributed by atoms with E-state index in [2.05, 4.69) is 4.98 Å². The summed E-state index contributed by atoms with van der Waals surface area (Å²) in [5, 5.41) is 0.793. The number of hydrogen-bond donors (Lipinski definition) is 0. The third kappa shape index (κ3) is 3.88. The molecule has 0 radical (unpaired) electrons. The molecule has 3 nitrogen and oxygen atoms in total. The standard InChI is InChI=1S/C18H19ClN2OS/c1-13-6-4-9-16(17(13)19)23-12-14-7-5-8-15(20-14)18(22)21-10-2-3-11-21/h4-9H,2-3,10-12H2,1H3. The first kappa shape index (κ1) is 16.3. The number of pyridine rings is 1. The molecule has 1 aliphatic rings. The molecule has 0 N–H and O–H groups in total. The summed E-state index contributed by atoms with van der Waals surface area (Å²) in [7, 11) is 0. The Morgan fingerprint density at radius 1 is 1.22 bits per heavy atom. The minimum absolute atomic E-state index is 0.0444. The van der Waals surface area contributed by atoms with Crippen molar-refractivity contribution >= 4 is 29.3 Å². The van der Waals surface area contributed by atoms with Crippen LogP contribution in [0.25, 0.3) is 0 Å². The molecule has 3 rings (SSSR count). The zero-order valence-corrected chi connectivity index (χ0v) is 14.7. The first-order chi connectivity index (χ1) is 11.1. The Hall–Kier alpha value is -1.52. The molecule has 0 unspecified atom stereocenters. The summed E-state index contributed by atoms with van der Waals surface area (Å²) in [5.41, 5.74) is 2.51. The fourth-order valence-electron chi connectivity index (χ4n) is 2.64. The highest BCUT2D eigenvalue weighted by molar-refractivity contribution is 7.98. The van der Waals surface area contributed by atoms with Crippen LogP contribution in [0, 0.1) is 6.92 Å². The summed E-state index contributed by atoms with van der Waals surface area (Å²) in [6, 6.07) is 11.7. The number of aryl methyl sites for hydroxylation is 1. The molecule has 23 heavy (non-hydrogen) atoms. The lowest BCUT2D eigenvalue weighted by Gasteiger charge is -2.15. The summed E-state index contributed by atoms with van der Waals surface area (Å²) in [6.45, 7) is 3.69. The third-order valence-corrected chi connectivity index (χ3v) is 5.66. The normalized spacial score (nSPS) is 14.3. The van der Waals surface area contributed by atoms with E-state index in [-0.39, 0.29) is 5.91 Å². The van der Waals surface area contributed by atoms with Gasteiger partial charge in [-0.25, -0.2) is 4.98 Å². The van der Waals surface area contributed by atoms with Crippen LogP contribution in [0.2, 0.25) is 5.02 Å². The van der Waals surface area contributed by atoms with Crippen molar-refractivity contribution < 1.29 is 4.79 Å². The number of carbonyl (C=O) groups excluding carboxylic acids is 1. The van der Waals surface area contributed by atoms with Crippen molar-refractivity contribution in [2.24, 2.45) is 0 Å².